The lowest BCUT2D eigenvalue weighted by atomic mass is 9.92. The van der Waals surface area contributed by atoms with E-state index in [1.165, 1.54) is 0 Å². The number of hydrogen-bond acceptors (Lipinski definition) is 5. The van der Waals surface area contributed by atoms with Crippen molar-refractivity contribution >= 4 is 11.5 Å². The predicted molar refractivity (Wildman–Crippen MR) is 104 cm³/mol. The quantitative estimate of drug-likeness (QED) is 0.562. The summed E-state index contributed by atoms with van der Waals surface area (Å²) < 4.78 is 71.0. The molecule has 0 saturated heterocycles. The fourth-order valence-electron chi connectivity index (χ4n) is 3.87. The molecule has 0 spiro atoms. The third-order valence-corrected chi connectivity index (χ3v) is 5.29. The van der Waals surface area contributed by atoms with Gasteiger partial charge in [0, 0.05) is 23.8 Å². The summed E-state index contributed by atoms with van der Waals surface area (Å²) in [5.41, 5.74) is 5.52. The Morgan fingerprint density at radius 3 is 2.68 bits per heavy atom. The molecule has 3 N–H and O–H groups in total. The first kappa shape index (κ1) is 21.3. The van der Waals surface area contributed by atoms with E-state index in [1.54, 1.807) is 22.7 Å². The molecule has 166 valence electrons. The Bertz CT molecular complexity index is 1070. The molecule has 31 heavy (non-hydrogen) atoms. The molecule has 11 heteroatoms. The molecule has 1 aromatic carbocycles. The van der Waals surface area contributed by atoms with Crippen LogP contribution in [0, 0.1) is 0 Å². The molecule has 1 aliphatic carbocycles. The van der Waals surface area contributed by atoms with Crippen LogP contribution in [0.1, 0.15) is 31.2 Å². The van der Waals surface area contributed by atoms with Crippen LogP contribution in [-0.4, -0.2) is 33.3 Å². The van der Waals surface area contributed by atoms with E-state index in [0.29, 0.717) is 17.5 Å². The average molecular weight is 441 g/mol. The summed E-state index contributed by atoms with van der Waals surface area (Å²) in [4.78, 5) is 0. The van der Waals surface area contributed by atoms with Gasteiger partial charge < -0.3 is 15.8 Å². The summed E-state index contributed by atoms with van der Waals surface area (Å²) in [6.45, 7) is -3.30. The summed E-state index contributed by atoms with van der Waals surface area (Å²) in [6.07, 6.45) is 0.643. The highest BCUT2D eigenvalue weighted by atomic mass is 19.4. The van der Waals surface area contributed by atoms with Gasteiger partial charge in [-0.15, -0.1) is 10.2 Å². The van der Waals surface area contributed by atoms with Crippen molar-refractivity contribution < 1.29 is 26.7 Å². The van der Waals surface area contributed by atoms with Gasteiger partial charge in [-0.05, 0) is 56.0 Å². The number of benzene rings is 1. The molecule has 0 bridgehead atoms. The number of fused-ring (bicyclic) bond motifs is 1. The third-order valence-electron chi connectivity index (χ3n) is 5.29. The van der Waals surface area contributed by atoms with Crippen molar-refractivity contribution in [2.45, 2.75) is 50.6 Å². The second-order valence-electron chi connectivity index (χ2n) is 7.49. The van der Waals surface area contributed by atoms with Crippen molar-refractivity contribution in [2.24, 2.45) is 5.73 Å². The van der Waals surface area contributed by atoms with Crippen molar-refractivity contribution in [3.05, 3.63) is 42.1 Å². The van der Waals surface area contributed by atoms with Gasteiger partial charge in [-0.1, -0.05) is 0 Å². The Morgan fingerprint density at radius 1 is 1.16 bits per heavy atom. The number of rotatable bonds is 5. The Morgan fingerprint density at radius 2 is 1.97 bits per heavy atom. The Hall–Kier alpha value is -2.95. The second kappa shape index (κ2) is 8.29. The molecular weight excluding hydrogens is 421 g/mol. The maximum Gasteiger partial charge on any atom is 0.416 e. The van der Waals surface area contributed by atoms with Crippen molar-refractivity contribution in [3.63, 3.8) is 0 Å². The van der Waals surface area contributed by atoms with Crippen molar-refractivity contribution in [1.82, 2.24) is 14.6 Å². The molecular formula is C20H20F5N5O. The lowest BCUT2D eigenvalue weighted by molar-refractivity contribution is -0.138. The van der Waals surface area contributed by atoms with Crippen LogP contribution in [-0.2, 0) is 6.18 Å². The van der Waals surface area contributed by atoms with Gasteiger partial charge in [-0.25, -0.2) is 0 Å². The zero-order valence-corrected chi connectivity index (χ0v) is 16.2. The van der Waals surface area contributed by atoms with E-state index in [9.17, 15) is 22.0 Å². The highest BCUT2D eigenvalue weighted by Gasteiger charge is 2.32. The first-order valence-corrected chi connectivity index (χ1v) is 9.74. The van der Waals surface area contributed by atoms with Gasteiger partial charge in [-0.3, -0.25) is 4.40 Å². The summed E-state index contributed by atoms with van der Waals surface area (Å²) in [6, 6.07) is 5.98. The normalized spacial score (nSPS) is 19.7. The molecule has 3 aromatic rings. The number of halogens is 5. The Kier molecular flexibility index (Phi) is 5.69. The monoisotopic (exact) mass is 441 g/mol. The van der Waals surface area contributed by atoms with Crippen LogP contribution in [0.25, 0.3) is 16.8 Å². The molecule has 0 unspecified atom stereocenters. The fraction of sp³-hybridized carbons (Fsp3) is 0.400. The molecule has 2 heterocycles. The first-order chi connectivity index (χ1) is 14.7. The minimum Gasteiger partial charge on any atom is -0.434 e. The van der Waals surface area contributed by atoms with Gasteiger partial charge >= 0.3 is 12.8 Å². The van der Waals surface area contributed by atoms with Gasteiger partial charge in [0.1, 0.15) is 11.4 Å². The van der Waals surface area contributed by atoms with E-state index in [4.69, 9.17) is 5.73 Å². The number of alkyl halides is 5. The molecule has 1 aliphatic rings. The van der Waals surface area contributed by atoms with Crippen molar-refractivity contribution in [2.75, 3.05) is 5.32 Å². The zero-order valence-electron chi connectivity index (χ0n) is 16.2. The number of nitrogens with zero attached hydrogens (tertiary/aromatic N) is 3. The number of nitrogens with one attached hydrogen (secondary N) is 1. The first-order valence-electron chi connectivity index (χ1n) is 9.74. The lowest BCUT2D eigenvalue weighted by Gasteiger charge is -2.27. The van der Waals surface area contributed by atoms with E-state index >= 15 is 0 Å². The van der Waals surface area contributed by atoms with Gasteiger partial charge in [0.25, 0.3) is 0 Å². The van der Waals surface area contributed by atoms with E-state index in [2.05, 4.69) is 20.3 Å². The summed E-state index contributed by atoms with van der Waals surface area (Å²) in [7, 11) is 0. The summed E-state index contributed by atoms with van der Waals surface area (Å²) in [5.74, 6) is -0.188. The topological polar surface area (TPSA) is 77.5 Å². The van der Waals surface area contributed by atoms with E-state index in [0.717, 1.165) is 37.8 Å². The largest absolute Gasteiger partial charge is 0.434 e. The predicted octanol–water partition coefficient (Wildman–Crippen LogP) is 4.70. The van der Waals surface area contributed by atoms with Crippen LogP contribution in [0.5, 0.6) is 5.75 Å². The van der Waals surface area contributed by atoms with Crippen LogP contribution < -0.4 is 15.8 Å². The summed E-state index contributed by atoms with van der Waals surface area (Å²) >= 11 is 0. The number of anilines is 1. The fourth-order valence-corrected chi connectivity index (χ4v) is 3.87. The third kappa shape index (κ3) is 4.55. The lowest BCUT2D eigenvalue weighted by Crippen LogP contribution is -2.35. The van der Waals surface area contributed by atoms with E-state index in [1.807, 2.05) is 0 Å². The summed E-state index contributed by atoms with van der Waals surface area (Å²) in [5, 5.41) is 11.6. The molecule has 0 aliphatic heterocycles. The Labute approximate surface area is 174 Å². The van der Waals surface area contributed by atoms with E-state index < -0.39 is 24.1 Å². The van der Waals surface area contributed by atoms with Gasteiger partial charge in [0.05, 0.1) is 11.1 Å². The molecule has 0 amide bonds. The van der Waals surface area contributed by atoms with Gasteiger partial charge in [0.15, 0.2) is 0 Å². The van der Waals surface area contributed by atoms with E-state index in [-0.39, 0.29) is 23.3 Å². The minimum absolute atomic E-state index is 0.0178. The van der Waals surface area contributed by atoms with Crippen LogP contribution in [0.15, 0.2) is 36.5 Å². The maximum atomic E-state index is 13.1. The number of aromatic nitrogens is 3. The minimum atomic E-state index is -4.70. The number of ether oxygens (including phenoxy) is 1. The second-order valence-corrected chi connectivity index (χ2v) is 7.49. The standard InChI is InChI=1S/C20H20F5N5O/c21-18(22)31-16-9-11(20(23,24)25)6-7-14(16)17-15-5-2-8-30(15)19(29-28-17)27-13-4-1-3-12(26)10-13/h2,5-9,12-13,18H,1,3-4,10,26H2,(H,27,29)/t12-,13+/m0/s1. The highest BCUT2D eigenvalue weighted by molar-refractivity contribution is 5.81. The highest BCUT2D eigenvalue weighted by Crippen LogP contribution is 2.38. The van der Waals surface area contributed by atoms with Crippen LogP contribution in [0.2, 0.25) is 0 Å². The SMILES string of the molecule is N[C@H]1CCC[C@@H](Nc2nnc(-c3ccc(C(F)(F)F)cc3OC(F)F)c3cccn23)C1. The smallest absolute Gasteiger partial charge is 0.416 e. The van der Waals surface area contributed by atoms with Crippen molar-refractivity contribution in [1.29, 1.82) is 0 Å². The van der Waals surface area contributed by atoms with Crippen LogP contribution >= 0.6 is 0 Å². The molecule has 0 radical (unpaired) electrons. The Balaban J connectivity index is 1.74. The molecule has 1 fully saturated rings. The maximum absolute atomic E-state index is 13.1. The molecule has 4 rings (SSSR count). The van der Waals surface area contributed by atoms with Gasteiger partial charge in [-0.2, -0.15) is 22.0 Å². The zero-order chi connectivity index (χ0) is 22.2. The van der Waals surface area contributed by atoms with Gasteiger partial charge in [0.2, 0.25) is 5.95 Å². The molecule has 2 atom stereocenters. The number of nitrogens with two attached hydrogens (primary N) is 1. The molecule has 1 saturated carbocycles. The van der Waals surface area contributed by atoms with Crippen LogP contribution in [0.4, 0.5) is 27.9 Å². The van der Waals surface area contributed by atoms with Crippen molar-refractivity contribution in [3.8, 4) is 17.0 Å². The average Bonchev–Trinajstić information content (AvgIpc) is 3.18. The number of hydrogen-bond donors (Lipinski definition) is 2. The molecule has 6 nitrogen and oxygen atoms in total. The van der Waals surface area contributed by atoms with Crippen LogP contribution in [0.3, 0.4) is 0 Å². The molecule has 2 aromatic heterocycles.